The molecule has 1 aliphatic rings. The van der Waals surface area contributed by atoms with Crippen LogP contribution in [0.15, 0.2) is 79.6 Å². The Labute approximate surface area is 473 Å². The van der Waals surface area contributed by atoms with Crippen molar-refractivity contribution in [3.8, 4) is 11.1 Å². The van der Waals surface area contributed by atoms with Gasteiger partial charge in [0.1, 0.15) is 36.9 Å². The van der Waals surface area contributed by atoms with Gasteiger partial charge in [0.15, 0.2) is 0 Å². The van der Waals surface area contributed by atoms with Crippen molar-refractivity contribution in [3.05, 3.63) is 96.9 Å². The minimum absolute atomic E-state index is 0.0579. The molecule has 25 nitrogen and oxygen atoms in total. The first kappa shape index (κ1) is 71.1. The van der Waals surface area contributed by atoms with Crippen LogP contribution < -0.4 is 37.6 Å². The fraction of sp³-hybridized carbons (Fsp3) is 0.455. The van der Waals surface area contributed by atoms with Gasteiger partial charge in [-0.15, -0.1) is 0 Å². The highest BCUT2D eigenvalue weighted by Gasteiger charge is 2.38. The number of halogens is 2. The van der Waals surface area contributed by atoms with Crippen molar-refractivity contribution in [2.24, 2.45) is 11.1 Å². The number of allylic oxidation sites excluding steroid dienone is 4. The average molecular weight is 1160 g/mol. The number of rotatable bonds is 33. The molecule has 0 saturated carbocycles. The molecule has 0 saturated heterocycles. The molecule has 3 unspecified atom stereocenters. The lowest BCUT2D eigenvalue weighted by Crippen LogP contribution is -2.56. The zero-order valence-electron chi connectivity index (χ0n) is 46.7. The average Bonchev–Trinajstić information content (AvgIpc) is 3.98. The molecule has 10 amide bonds. The largest absolute Gasteiger partial charge is 0.481 e. The third-order valence-electron chi connectivity index (χ3n) is 11.6. The van der Waals surface area contributed by atoms with Crippen molar-refractivity contribution in [1.82, 2.24) is 46.3 Å². The van der Waals surface area contributed by atoms with Crippen molar-refractivity contribution in [2.75, 3.05) is 45.9 Å². The van der Waals surface area contributed by atoms with Gasteiger partial charge in [-0.1, -0.05) is 65.5 Å². The molecule has 450 valence electrons. The molecule has 0 aliphatic carbocycles. The van der Waals surface area contributed by atoms with E-state index in [-0.39, 0.29) is 74.2 Å². The van der Waals surface area contributed by atoms with E-state index in [0.717, 1.165) is 37.5 Å². The van der Waals surface area contributed by atoms with Gasteiger partial charge in [-0.2, -0.15) is 0 Å². The smallest absolute Gasteiger partial charge is 0.322 e. The van der Waals surface area contributed by atoms with Crippen LogP contribution in [0, 0.1) is 17.0 Å². The molecule has 2 heterocycles. The minimum Gasteiger partial charge on any atom is -0.481 e. The van der Waals surface area contributed by atoms with E-state index in [0.29, 0.717) is 30.8 Å². The summed E-state index contributed by atoms with van der Waals surface area (Å²) in [5.74, 6) is -9.30. The van der Waals surface area contributed by atoms with E-state index < -0.39 is 109 Å². The highest BCUT2D eigenvalue weighted by molar-refractivity contribution is 6.12. The molecular formula is C55H76F2N10O15. The number of benzene rings is 1. The Morgan fingerprint density at radius 3 is 2.01 bits per heavy atom. The number of nitrogens with zero attached hydrogens (tertiary/aromatic N) is 3. The summed E-state index contributed by atoms with van der Waals surface area (Å²) in [6.07, 6.45) is 10.8. The summed E-state index contributed by atoms with van der Waals surface area (Å²) < 4.78 is 31.3. The first-order valence-corrected chi connectivity index (χ1v) is 26.0. The summed E-state index contributed by atoms with van der Waals surface area (Å²) in [5.41, 5.74) is 5.65. The number of amides is 10. The predicted octanol–water partition coefficient (Wildman–Crippen LogP) is 1.42. The highest BCUT2D eigenvalue weighted by atomic mass is 19.1. The van der Waals surface area contributed by atoms with Crippen LogP contribution in [0.1, 0.15) is 97.7 Å². The van der Waals surface area contributed by atoms with Crippen LogP contribution in [0.3, 0.4) is 0 Å². The number of aromatic nitrogens is 1. The third kappa shape index (κ3) is 26.4. The first-order valence-electron chi connectivity index (χ1n) is 26.0. The van der Waals surface area contributed by atoms with Crippen LogP contribution in [0.25, 0.3) is 11.1 Å². The Morgan fingerprint density at radius 2 is 1.46 bits per heavy atom. The van der Waals surface area contributed by atoms with Crippen LogP contribution in [0.4, 0.5) is 8.78 Å². The molecular weight excluding hydrogens is 1080 g/mol. The lowest BCUT2D eigenvalue weighted by molar-refractivity contribution is -0.140. The molecule has 0 bridgehead atoms. The Morgan fingerprint density at radius 1 is 0.817 bits per heavy atom. The van der Waals surface area contributed by atoms with E-state index in [1.807, 2.05) is 6.92 Å². The fourth-order valence-electron chi connectivity index (χ4n) is 7.81. The topological polar surface area (TPSA) is 375 Å². The summed E-state index contributed by atoms with van der Waals surface area (Å²) in [4.78, 5) is 144. The Bertz CT molecular complexity index is 2650. The van der Waals surface area contributed by atoms with Crippen LogP contribution in [0.2, 0.25) is 0 Å². The maximum absolute atomic E-state index is 15.2. The van der Waals surface area contributed by atoms with Gasteiger partial charge >= 0.3 is 11.9 Å². The number of imide groups is 1. The van der Waals surface area contributed by atoms with Gasteiger partial charge in [0.05, 0.1) is 19.0 Å². The molecule has 1 aliphatic heterocycles. The molecule has 1 aromatic heterocycles. The summed E-state index contributed by atoms with van der Waals surface area (Å²) in [6.45, 7) is 14.6. The molecule has 0 radical (unpaired) electrons. The molecule has 3 atom stereocenters. The van der Waals surface area contributed by atoms with Gasteiger partial charge in [-0.3, -0.25) is 62.4 Å². The van der Waals surface area contributed by atoms with E-state index in [1.165, 1.54) is 28.0 Å². The first-order chi connectivity index (χ1) is 38.7. The zero-order chi connectivity index (χ0) is 62.1. The van der Waals surface area contributed by atoms with E-state index in [4.69, 9.17) is 15.9 Å². The van der Waals surface area contributed by atoms with E-state index in [1.54, 1.807) is 56.7 Å². The number of hydrogen-bond acceptors (Lipinski definition) is 13. The van der Waals surface area contributed by atoms with Crippen molar-refractivity contribution >= 4 is 71.5 Å². The lowest BCUT2D eigenvalue weighted by atomic mass is 9.82. The lowest BCUT2D eigenvalue weighted by Gasteiger charge is -2.41. The van der Waals surface area contributed by atoms with Crippen molar-refractivity contribution in [2.45, 2.75) is 111 Å². The fourth-order valence-corrected chi connectivity index (χ4v) is 7.81. The number of carboxylic acid groups (broad SMARTS) is 2. The Balaban J connectivity index is 0.00000127. The second-order valence-corrected chi connectivity index (χ2v) is 19.1. The van der Waals surface area contributed by atoms with Crippen LogP contribution in [-0.2, 0) is 64.1 Å². The number of carbonyl (C=O) groups excluding carboxylic acids is 10. The van der Waals surface area contributed by atoms with Gasteiger partial charge in [0.25, 0.3) is 11.8 Å². The Kier molecular flexibility index (Phi) is 32.2. The van der Waals surface area contributed by atoms with Gasteiger partial charge < -0.3 is 62.4 Å². The third-order valence-corrected chi connectivity index (χ3v) is 11.6. The molecule has 11 N–H and O–H groups in total. The number of hydrogen-bond donors (Lipinski definition) is 10. The molecule has 0 spiro atoms. The summed E-state index contributed by atoms with van der Waals surface area (Å²) in [5, 5.41) is 40.9. The van der Waals surface area contributed by atoms with Gasteiger partial charge in [0.2, 0.25) is 47.8 Å². The number of carbonyl (C=O) groups is 12. The maximum Gasteiger partial charge on any atom is 0.322 e. The maximum atomic E-state index is 15.2. The minimum atomic E-state index is -1.63. The summed E-state index contributed by atoms with van der Waals surface area (Å²) in [6, 6.07) is 0.365. The number of nitrogens with one attached hydrogen (secondary N) is 6. The Hall–Kier alpha value is -8.88. The standard InChI is InChI=1S/C40H52F2N8O10.C12H18N2O3.C3H6O2/c1-6-8-24(7-2)20-49-21-25(27-16-26(41)9-10-28(27)42)15-31(49)37(40(3,4)5)50(35(56)22-51)14-12-29(38(59)45-13-11-33(54)46-19-36(57)58)48-39(60)30(17-32(43)53)47-34(55)18-44-23-52;1-2-13-10(15)6-4-3-5-9-14-11(16)7-8-12(14)17;1-2-3(4)5/h6-10,15-16,21,23,29-30,37,51H,1-2,11-14,17-20,22H2,3-5H3,(H2,43,53)(H,44,52)(H,45,59)(H,46,54)(H,47,55)(H,48,60)(H,57,58);7-8H,2-6,9H2,1H3,(H,13,15);2H2,1H3,(H,4,5)/b24-8+;;. The van der Waals surface area contributed by atoms with Crippen molar-refractivity contribution in [1.29, 1.82) is 0 Å². The second kappa shape index (κ2) is 37.1. The summed E-state index contributed by atoms with van der Waals surface area (Å²) >= 11 is 0. The summed E-state index contributed by atoms with van der Waals surface area (Å²) in [7, 11) is 0. The van der Waals surface area contributed by atoms with E-state index in [2.05, 4.69) is 45.1 Å². The highest BCUT2D eigenvalue weighted by Crippen LogP contribution is 2.41. The molecule has 2 aromatic rings. The van der Waals surface area contributed by atoms with Crippen molar-refractivity contribution in [3.63, 3.8) is 0 Å². The number of aliphatic hydroxyl groups excluding tert-OH is 1. The number of unbranched alkanes of at least 4 members (excludes halogenated alkanes) is 2. The van der Waals surface area contributed by atoms with Crippen LogP contribution in [-0.4, -0.2) is 159 Å². The van der Waals surface area contributed by atoms with E-state index in [9.17, 15) is 67.0 Å². The van der Waals surface area contributed by atoms with Gasteiger partial charge in [-0.25, -0.2) is 8.78 Å². The van der Waals surface area contributed by atoms with Crippen molar-refractivity contribution < 1.29 is 81.6 Å². The number of aliphatic carboxylic acids is 2. The molecule has 0 fully saturated rings. The zero-order valence-corrected chi connectivity index (χ0v) is 46.7. The normalized spacial score (nSPS) is 12.8. The number of nitrogens with two attached hydrogens (primary N) is 1. The second-order valence-electron chi connectivity index (χ2n) is 19.1. The molecule has 1 aromatic carbocycles. The molecule has 82 heavy (non-hydrogen) atoms. The molecule has 27 heteroatoms. The number of carboxylic acids is 2. The van der Waals surface area contributed by atoms with Gasteiger partial charge in [-0.05, 0) is 61.4 Å². The number of primary amides is 1. The monoisotopic (exact) mass is 1150 g/mol. The van der Waals surface area contributed by atoms with Crippen LogP contribution >= 0.6 is 0 Å². The molecule has 3 rings (SSSR count). The quantitative estimate of drug-likeness (QED) is 0.0209. The van der Waals surface area contributed by atoms with Crippen LogP contribution in [0.5, 0.6) is 0 Å². The SMILES string of the molecule is C=C/C=C(\C=C)Cn1cc(-c2cc(F)ccc2F)cc1C(N(CCC(NC(=O)C(CC(N)=O)NC(=O)CNC=O)C(=O)NCCC(=O)NCC(=O)O)C(=O)CO)C(C)(C)C.CCC(=O)O.CCNC(=O)CCCCCN1C(=O)C=CC1=O. The van der Waals surface area contributed by atoms with Gasteiger partial charge in [0, 0.05) is 87.2 Å². The predicted molar refractivity (Wildman–Crippen MR) is 295 cm³/mol. The van der Waals surface area contributed by atoms with E-state index >= 15 is 4.39 Å². The number of aliphatic hydroxyl groups is 1.